The minimum Gasteiger partial charge on any atom is -0.321 e. The van der Waals surface area contributed by atoms with E-state index in [1.54, 1.807) is 18.2 Å². The number of hydrogen-bond donors (Lipinski definition) is 1. The predicted molar refractivity (Wildman–Crippen MR) is 87.2 cm³/mol. The maximum Gasteiger partial charge on any atom is 0.322 e. The quantitative estimate of drug-likeness (QED) is 0.757. The molecule has 1 aromatic rings. The van der Waals surface area contributed by atoms with E-state index in [4.69, 9.17) is 23.2 Å². The highest BCUT2D eigenvalue weighted by molar-refractivity contribution is 6.42. The first-order valence-electron chi connectivity index (χ1n) is 7.68. The van der Waals surface area contributed by atoms with Gasteiger partial charge in [0, 0.05) is 18.3 Å². The van der Waals surface area contributed by atoms with Crippen molar-refractivity contribution in [2.75, 3.05) is 11.9 Å². The molecule has 21 heavy (non-hydrogen) atoms. The fourth-order valence-corrected chi connectivity index (χ4v) is 3.94. The van der Waals surface area contributed by atoms with Crippen molar-refractivity contribution in [1.82, 2.24) is 4.90 Å². The van der Waals surface area contributed by atoms with Crippen LogP contribution in [0, 0.1) is 5.92 Å². The number of nitrogens with one attached hydrogen (secondary N) is 1. The molecule has 3 rings (SSSR count). The molecular formula is C16H20Cl2N2O. The molecule has 1 aliphatic heterocycles. The molecule has 2 fully saturated rings. The van der Waals surface area contributed by atoms with Crippen molar-refractivity contribution >= 4 is 34.9 Å². The number of fused-ring (bicyclic) bond motifs is 1. The lowest BCUT2D eigenvalue weighted by Crippen LogP contribution is -2.51. The van der Waals surface area contributed by atoms with Crippen molar-refractivity contribution in [3.8, 4) is 0 Å². The van der Waals surface area contributed by atoms with E-state index < -0.39 is 0 Å². The zero-order chi connectivity index (χ0) is 14.8. The summed E-state index contributed by atoms with van der Waals surface area (Å²) in [5.41, 5.74) is 0.701. The standard InChI is InChI=1S/C16H20Cl2N2O/c17-13-8-7-12(10-14(13)18)19-16(21)20-9-3-5-11-4-1-2-6-15(11)20/h7-8,10-11,15H,1-6,9H2,(H,19,21)/t11-,15+/m0/s1. The molecule has 2 aliphatic rings. The summed E-state index contributed by atoms with van der Waals surface area (Å²) in [6, 6.07) is 5.60. The Morgan fingerprint density at radius 2 is 1.86 bits per heavy atom. The van der Waals surface area contributed by atoms with E-state index in [-0.39, 0.29) is 6.03 Å². The predicted octanol–water partition coefficient (Wildman–Crippen LogP) is 5.18. The fraction of sp³-hybridized carbons (Fsp3) is 0.562. The molecule has 0 unspecified atom stereocenters. The Labute approximate surface area is 135 Å². The number of likely N-dealkylation sites (tertiary alicyclic amines) is 1. The van der Waals surface area contributed by atoms with E-state index in [1.807, 2.05) is 4.90 Å². The Morgan fingerprint density at radius 1 is 1.10 bits per heavy atom. The van der Waals surface area contributed by atoms with Gasteiger partial charge in [-0.2, -0.15) is 0 Å². The van der Waals surface area contributed by atoms with Crippen LogP contribution in [-0.2, 0) is 0 Å². The highest BCUT2D eigenvalue weighted by Gasteiger charge is 2.35. The van der Waals surface area contributed by atoms with Crippen LogP contribution in [0.3, 0.4) is 0 Å². The molecule has 5 heteroatoms. The van der Waals surface area contributed by atoms with Gasteiger partial charge in [0.05, 0.1) is 10.0 Å². The van der Waals surface area contributed by atoms with Crippen LogP contribution in [0.4, 0.5) is 10.5 Å². The van der Waals surface area contributed by atoms with Gasteiger partial charge < -0.3 is 10.2 Å². The Bertz CT molecular complexity index is 533. The maximum absolute atomic E-state index is 12.6. The summed E-state index contributed by atoms with van der Waals surface area (Å²) >= 11 is 11.9. The van der Waals surface area contributed by atoms with Crippen LogP contribution in [0.15, 0.2) is 18.2 Å². The normalized spacial score (nSPS) is 25.3. The van der Waals surface area contributed by atoms with Crippen LogP contribution in [0.25, 0.3) is 0 Å². The Morgan fingerprint density at radius 3 is 2.67 bits per heavy atom. The second-order valence-electron chi connectivity index (χ2n) is 6.01. The van der Waals surface area contributed by atoms with Crippen LogP contribution < -0.4 is 5.32 Å². The molecule has 2 atom stereocenters. The van der Waals surface area contributed by atoms with Gasteiger partial charge in [0.25, 0.3) is 0 Å². The smallest absolute Gasteiger partial charge is 0.321 e. The molecular weight excluding hydrogens is 307 g/mol. The van der Waals surface area contributed by atoms with E-state index in [1.165, 1.54) is 25.7 Å². The number of hydrogen-bond acceptors (Lipinski definition) is 1. The zero-order valence-corrected chi connectivity index (χ0v) is 13.5. The van der Waals surface area contributed by atoms with E-state index in [2.05, 4.69) is 5.32 Å². The molecule has 0 radical (unpaired) electrons. The van der Waals surface area contributed by atoms with Crippen molar-refractivity contribution in [2.24, 2.45) is 5.92 Å². The second kappa shape index (κ2) is 6.45. The van der Waals surface area contributed by atoms with Crippen LogP contribution in [0.1, 0.15) is 38.5 Å². The van der Waals surface area contributed by atoms with E-state index >= 15 is 0 Å². The number of benzene rings is 1. The van der Waals surface area contributed by atoms with Gasteiger partial charge in [0.2, 0.25) is 0 Å². The Hall–Kier alpha value is -0.930. The highest BCUT2D eigenvalue weighted by Crippen LogP contribution is 2.35. The third kappa shape index (κ3) is 3.29. The van der Waals surface area contributed by atoms with Crippen molar-refractivity contribution in [2.45, 2.75) is 44.6 Å². The van der Waals surface area contributed by atoms with Gasteiger partial charge in [-0.1, -0.05) is 36.0 Å². The van der Waals surface area contributed by atoms with Gasteiger partial charge in [0.1, 0.15) is 0 Å². The van der Waals surface area contributed by atoms with Gasteiger partial charge in [-0.3, -0.25) is 0 Å². The number of halogens is 2. The van der Waals surface area contributed by atoms with Gasteiger partial charge >= 0.3 is 6.03 Å². The van der Waals surface area contributed by atoms with E-state index in [0.717, 1.165) is 19.4 Å². The minimum absolute atomic E-state index is 0.00927. The molecule has 3 nitrogen and oxygen atoms in total. The Kier molecular flexibility index (Phi) is 4.60. The molecule has 1 aromatic carbocycles. The molecule has 114 valence electrons. The molecule has 1 N–H and O–H groups in total. The van der Waals surface area contributed by atoms with Crippen molar-refractivity contribution in [1.29, 1.82) is 0 Å². The SMILES string of the molecule is O=C(Nc1ccc(Cl)c(Cl)c1)N1CCC[C@@H]2CCCC[C@H]21. The van der Waals surface area contributed by atoms with Crippen LogP contribution in [0.5, 0.6) is 0 Å². The lowest BCUT2D eigenvalue weighted by atomic mass is 9.78. The van der Waals surface area contributed by atoms with Gasteiger partial charge in [-0.15, -0.1) is 0 Å². The first kappa shape index (κ1) is 15.0. The first-order valence-corrected chi connectivity index (χ1v) is 8.43. The van der Waals surface area contributed by atoms with Gasteiger partial charge in [-0.25, -0.2) is 4.79 Å². The van der Waals surface area contributed by atoms with Gasteiger partial charge in [0.15, 0.2) is 0 Å². The fourth-order valence-electron chi connectivity index (χ4n) is 3.65. The number of urea groups is 1. The van der Waals surface area contributed by atoms with Crippen LogP contribution in [-0.4, -0.2) is 23.5 Å². The van der Waals surface area contributed by atoms with Gasteiger partial charge in [-0.05, 0) is 49.8 Å². The molecule has 2 amide bonds. The first-order chi connectivity index (χ1) is 10.1. The molecule has 0 bridgehead atoms. The molecule has 1 heterocycles. The third-order valence-corrected chi connectivity index (χ3v) is 5.41. The molecule has 0 aromatic heterocycles. The largest absolute Gasteiger partial charge is 0.322 e. The van der Waals surface area contributed by atoms with Crippen LogP contribution in [0.2, 0.25) is 10.0 Å². The lowest BCUT2D eigenvalue weighted by Gasteiger charge is -2.44. The maximum atomic E-state index is 12.6. The highest BCUT2D eigenvalue weighted by atomic mass is 35.5. The monoisotopic (exact) mass is 326 g/mol. The summed E-state index contributed by atoms with van der Waals surface area (Å²) in [5, 5.41) is 3.92. The van der Waals surface area contributed by atoms with Crippen molar-refractivity contribution < 1.29 is 4.79 Å². The molecule has 1 saturated heterocycles. The topological polar surface area (TPSA) is 32.3 Å². The minimum atomic E-state index is -0.00927. The summed E-state index contributed by atoms with van der Waals surface area (Å²) < 4.78 is 0. The number of rotatable bonds is 1. The zero-order valence-electron chi connectivity index (χ0n) is 11.9. The molecule has 1 aliphatic carbocycles. The lowest BCUT2D eigenvalue weighted by molar-refractivity contribution is 0.0909. The van der Waals surface area contributed by atoms with E-state index in [9.17, 15) is 4.79 Å². The number of anilines is 1. The molecule has 0 spiro atoms. The molecule has 1 saturated carbocycles. The summed E-state index contributed by atoms with van der Waals surface area (Å²) in [7, 11) is 0. The van der Waals surface area contributed by atoms with Crippen molar-refractivity contribution in [3.63, 3.8) is 0 Å². The van der Waals surface area contributed by atoms with Crippen molar-refractivity contribution in [3.05, 3.63) is 28.2 Å². The number of carbonyl (C=O) groups is 1. The average Bonchev–Trinajstić information content (AvgIpc) is 2.50. The number of piperidine rings is 1. The summed E-state index contributed by atoms with van der Waals surface area (Å²) in [4.78, 5) is 14.6. The number of nitrogens with zero attached hydrogens (tertiary/aromatic N) is 1. The summed E-state index contributed by atoms with van der Waals surface area (Å²) in [5.74, 6) is 0.687. The van der Waals surface area contributed by atoms with Crippen LogP contribution >= 0.6 is 23.2 Å². The summed E-state index contributed by atoms with van der Waals surface area (Å²) in [6.45, 7) is 0.855. The summed E-state index contributed by atoms with van der Waals surface area (Å²) in [6.07, 6.45) is 7.32. The number of amides is 2. The third-order valence-electron chi connectivity index (χ3n) is 4.67. The Balaban J connectivity index is 1.70. The van der Waals surface area contributed by atoms with E-state index in [0.29, 0.717) is 27.7 Å². The average molecular weight is 327 g/mol. The second-order valence-corrected chi connectivity index (χ2v) is 6.82. The number of carbonyl (C=O) groups excluding carboxylic acids is 1.